The molecule has 0 amide bonds. The van der Waals surface area contributed by atoms with Crippen molar-refractivity contribution in [1.82, 2.24) is 0 Å². The van der Waals surface area contributed by atoms with Crippen molar-refractivity contribution < 1.29 is 27.1 Å². The summed E-state index contributed by atoms with van der Waals surface area (Å²) in [5.41, 5.74) is 0.589. The summed E-state index contributed by atoms with van der Waals surface area (Å²) in [5, 5.41) is 11.6. The Morgan fingerprint density at radius 2 is 1.86 bits per heavy atom. The Hall–Kier alpha value is -1.70. The van der Waals surface area contributed by atoms with Crippen molar-refractivity contribution in [3.05, 3.63) is 24.3 Å². The van der Waals surface area contributed by atoms with E-state index in [-0.39, 0.29) is 12.5 Å². The average molecular weight is 321 g/mol. The van der Waals surface area contributed by atoms with Crippen LogP contribution in [0, 0.1) is 0 Å². The summed E-state index contributed by atoms with van der Waals surface area (Å²) in [5.74, 6) is -4.30. The van der Waals surface area contributed by atoms with Crippen molar-refractivity contribution in [3.8, 4) is 0 Å². The number of benzene rings is 1. The van der Waals surface area contributed by atoms with Gasteiger partial charge in [0.15, 0.2) is 0 Å². The maximum Gasteiger partial charge on any atom is 0.341 e. The number of halogens is 2. The second-order valence-electron chi connectivity index (χ2n) is 4.66. The molecule has 0 aliphatic heterocycles. The maximum atomic E-state index is 12.4. The normalized spacial score (nSPS) is 13.1. The van der Waals surface area contributed by atoms with Gasteiger partial charge in [-0.3, -0.25) is 4.79 Å². The fourth-order valence-electron chi connectivity index (χ4n) is 1.76. The summed E-state index contributed by atoms with van der Waals surface area (Å²) in [6.45, 7) is 1.85. The van der Waals surface area contributed by atoms with Gasteiger partial charge in [-0.05, 0) is 44.0 Å². The molecule has 21 heavy (non-hydrogen) atoms. The zero-order valence-corrected chi connectivity index (χ0v) is 12.2. The van der Waals surface area contributed by atoms with E-state index < -0.39 is 26.5 Å². The minimum Gasteiger partial charge on any atom is -0.481 e. The number of carbonyl (C=O) groups is 1. The molecule has 0 fully saturated rings. The zero-order valence-electron chi connectivity index (χ0n) is 11.4. The number of carboxylic acids is 1. The Balaban J connectivity index is 2.61. The van der Waals surface area contributed by atoms with Gasteiger partial charge in [0.05, 0.1) is 4.90 Å². The molecule has 1 atom stereocenters. The summed E-state index contributed by atoms with van der Waals surface area (Å²) in [4.78, 5) is 9.96. The molecule has 1 rings (SSSR count). The molecular formula is C13H17F2NO4S. The monoisotopic (exact) mass is 321 g/mol. The van der Waals surface area contributed by atoms with Crippen LogP contribution in [0.5, 0.6) is 0 Å². The van der Waals surface area contributed by atoms with Crippen LogP contribution < -0.4 is 5.32 Å². The predicted molar refractivity (Wildman–Crippen MR) is 74.2 cm³/mol. The highest BCUT2D eigenvalue weighted by atomic mass is 32.2. The van der Waals surface area contributed by atoms with E-state index in [1.807, 2.05) is 6.92 Å². The third kappa shape index (κ3) is 5.30. The number of sulfone groups is 1. The van der Waals surface area contributed by atoms with Gasteiger partial charge in [-0.25, -0.2) is 8.42 Å². The number of rotatable bonds is 8. The zero-order chi connectivity index (χ0) is 16.0. The van der Waals surface area contributed by atoms with Gasteiger partial charge in [0, 0.05) is 18.2 Å². The lowest BCUT2D eigenvalue weighted by atomic mass is 10.1. The standard InChI is InChI=1S/C13H17F2NO4S/c1-9(3-2-4-12(17)18)16-10-5-7-11(8-6-10)21(19,20)13(14)15/h5-9,13,16H,2-4H2,1H3,(H,17,18). The first-order chi connectivity index (χ1) is 9.73. The Morgan fingerprint density at radius 1 is 1.29 bits per heavy atom. The largest absolute Gasteiger partial charge is 0.481 e. The first-order valence-corrected chi connectivity index (χ1v) is 7.88. The smallest absolute Gasteiger partial charge is 0.341 e. The molecule has 2 N–H and O–H groups in total. The Morgan fingerprint density at radius 3 is 2.33 bits per heavy atom. The minimum atomic E-state index is -4.57. The molecule has 0 aliphatic carbocycles. The van der Waals surface area contributed by atoms with Gasteiger partial charge in [0.1, 0.15) is 0 Å². The lowest BCUT2D eigenvalue weighted by Crippen LogP contribution is -2.16. The highest BCUT2D eigenvalue weighted by Crippen LogP contribution is 2.21. The van der Waals surface area contributed by atoms with Crippen molar-refractivity contribution >= 4 is 21.5 Å². The van der Waals surface area contributed by atoms with E-state index in [2.05, 4.69) is 5.32 Å². The minimum absolute atomic E-state index is 0.0121. The second-order valence-corrected chi connectivity index (χ2v) is 6.58. The van der Waals surface area contributed by atoms with Crippen LogP contribution in [0.2, 0.25) is 0 Å². The molecule has 0 radical (unpaired) electrons. The molecule has 5 nitrogen and oxygen atoms in total. The van der Waals surface area contributed by atoms with Crippen molar-refractivity contribution in [1.29, 1.82) is 0 Å². The van der Waals surface area contributed by atoms with E-state index in [1.54, 1.807) is 0 Å². The Kier molecular flexibility index (Phi) is 6.07. The SMILES string of the molecule is CC(CCCC(=O)O)Nc1ccc(S(=O)(=O)C(F)F)cc1. The Labute approximate surface area is 121 Å². The van der Waals surface area contributed by atoms with E-state index in [4.69, 9.17) is 5.11 Å². The summed E-state index contributed by atoms with van der Waals surface area (Å²) in [7, 11) is -4.57. The molecule has 8 heteroatoms. The van der Waals surface area contributed by atoms with Gasteiger partial charge in [-0.2, -0.15) is 8.78 Å². The first kappa shape index (κ1) is 17.4. The summed E-state index contributed by atoms with van der Waals surface area (Å²) < 4.78 is 47.2. The molecule has 0 saturated carbocycles. The maximum absolute atomic E-state index is 12.4. The van der Waals surface area contributed by atoms with Gasteiger partial charge in [-0.1, -0.05) is 0 Å². The van der Waals surface area contributed by atoms with Crippen molar-refractivity contribution in [2.24, 2.45) is 0 Å². The molecule has 0 saturated heterocycles. The van der Waals surface area contributed by atoms with Crippen LogP contribution in [-0.4, -0.2) is 31.3 Å². The summed E-state index contributed by atoms with van der Waals surface area (Å²) in [6.07, 6.45) is 1.22. The summed E-state index contributed by atoms with van der Waals surface area (Å²) >= 11 is 0. The lowest BCUT2D eigenvalue weighted by molar-refractivity contribution is -0.137. The molecule has 1 unspecified atom stereocenters. The van der Waals surface area contributed by atoms with Gasteiger partial charge < -0.3 is 10.4 Å². The van der Waals surface area contributed by atoms with Crippen molar-refractivity contribution in [2.45, 2.75) is 42.9 Å². The molecular weight excluding hydrogens is 304 g/mol. The highest BCUT2D eigenvalue weighted by molar-refractivity contribution is 7.91. The third-order valence-electron chi connectivity index (χ3n) is 2.86. The quantitative estimate of drug-likeness (QED) is 0.769. The number of hydrogen-bond acceptors (Lipinski definition) is 4. The molecule has 0 aromatic heterocycles. The van der Waals surface area contributed by atoms with Crippen LogP contribution in [-0.2, 0) is 14.6 Å². The predicted octanol–water partition coefficient (Wildman–Crippen LogP) is 2.74. The lowest BCUT2D eigenvalue weighted by Gasteiger charge is -2.15. The fourth-order valence-corrected chi connectivity index (χ4v) is 2.48. The van der Waals surface area contributed by atoms with Crippen LogP contribution in [0.1, 0.15) is 26.2 Å². The second kappa shape index (κ2) is 7.35. The van der Waals surface area contributed by atoms with Gasteiger partial charge in [0.25, 0.3) is 0 Å². The van der Waals surface area contributed by atoms with Crippen LogP contribution in [0.15, 0.2) is 29.2 Å². The number of aliphatic carboxylic acids is 1. The number of anilines is 1. The van der Waals surface area contributed by atoms with E-state index in [0.717, 1.165) is 12.1 Å². The van der Waals surface area contributed by atoms with E-state index in [9.17, 15) is 22.0 Å². The van der Waals surface area contributed by atoms with Gasteiger partial charge in [0.2, 0.25) is 9.84 Å². The number of carboxylic acid groups (broad SMARTS) is 1. The van der Waals surface area contributed by atoms with E-state index >= 15 is 0 Å². The molecule has 0 spiro atoms. The van der Waals surface area contributed by atoms with E-state index in [1.165, 1.54) is 12.1 Å². The number of alkyl halides is 2. The van der Waals surface area contributed by atoms with Crippen LogP contribution in [0.3, 0.4) is 0 Å². The molecule has 0 bridgehead atoms. The molecule has 1 aromatic rings. The van der Waals surface area contributed by atoms with Gasteiger partial charge >= 0.3 is 11.7 Å². The molecule has 1 aromatic carbocycles. The van der Waals surface area contributed by atoms with Crippen LogP contribution in [0.4, 0.5) is 14.5 Å². The average Bonchev–Trinajstić information content (AvgIpc) is 2.38. The summed E-state index contributed by atoms with van der Waals surface area (Å²) in [6, 6.07) is 5.04. The first-order valence-electron chi connectivity index (χ1n) is 6.34. The number of nitrogens with one attached hydrogen (secondary N) is 1. The third-order valence-corrected chi connectivity index (χ3v) is 4.26. The molecule has 0 heterocycles. The van der Waals surface area contributed by atoms with Crippen LogP contribution >= 0.6 is 0 Å². The van der Waals surface area contributed by atoms with E-state index in [0.29, 0.717) is 18.5 Å². The van der Waals surface area contributed by atoms with Crippen molar-refractivity contribution in [2.75, 3.05) is 5.32 Å². The topological polar surface area (TPSA) is 83.5 Å². The number of hydrogen-bond donors (Lipinski definition) is 2. The highest BCUT2D eigenvalue weighted by Gasteiger charge is 2.26. The molecule has 0 aliphatic rings. The Bertz CT molecular complexity index is 572. The molecule has 118 valence electrons. The fraction of sp³-hybridized carbons (Fsp3) is 0.462. The van der Waals surface area contributed by atoms with Crippen molar-refractivity contribution in [3.63, 3.8) is 0 Å². The van der Waals surface area contributed by atoms with Gasteiger partial charge in [-0.15, -0.1) is 0 Å². The van der Waals surface area contributed by atoms with Crippen LogP contribution in [0.25, 0.3) is 0 Å².